The number of hydrogen-bond acceptors (Lipinski definition) is 8. The summed E-state index contributed by atoms with van der Waals surface area (Å²) in [7, 11) is 2.85. The molecule has 0 radical (unpaired) electrons. The minimum Gasteiger partial charge on any atom is -0.477 e. The SMILES string of the molecule is COc1nonc1-c1nnnn1OC. The maximum Gasteiger partial charge on any atom is 0.287 e. The van der Waals surface area contributed by atoms with Gasteiger partial charge in [0.25, 0.3) is 5.88 Å². The number of nitrogens with zero attached hydrogens (tertiary/aromatic N) is 6. The van der Waals surface area contributed by atoms with Gasteiger partial charge in [0.05, 0.1) is 7.11 Å². The summed E-state index contributed by atoms with van der Waals surface area (Å²) >= 11 is 0. The van der Waals surface area contributed by atoms with Gasteiger partial charge in [0, 0.05) is 0 Å². The van der Waals surface area contributed by atoms with Crippen LogP contribution in [0, 0.1) is 0 Å². The van der Waals surface area contributed by atoms with E-state index in [1.807, 2.05) is 0 Å². The Morgan fingerprint density at radius 3 is 2.86 bits per heavy atom. The summed E-state index contributed by atoms with van der Waals surface area (Å²) in [6.07, 6.45) is 0. The van der Waals surface area contributed by atoms with Crippen molar-refractivity contribution >= 4 is 0 Å². The van der Waals surface area contributed by atoms with Crippen molar-refractivity contribution in [3.05, 3.63) is 0 Å². The topological polar surface area (TPSA) is 101 Å². The van der Waals surface area contributed by atoms with Crippen molar-refractivity contribution < 1.29 is 14.2 Å². The highest BCUT2D eigenvalue weighted by atomic mass is 16.7. The van der Waals surface area contributed by atoms with Gasteiger partial charge in [-0.3, -0.25) is 0 Å². The molecular formula is C5H6N6O3. The Labute approximate surface area is 77.5 Å². The molecule has 2 heterocycles. The van der Waals surface area contributed by atoms with Crippen molar-refractivity contribution in [3.63, 3.8) is 0 Å². The number of methoxy groups -OCH3 is 1. The summed E-state index contributed by atoms with van der Waals surface area (Å²) in [5, 5.41) is 17.7. The number of aromatic nitrogens is 6. The van der Waals surface area contributed by atoms with E-state index in [9.17, 15) is 0 Å². The molecule has 0 fully saturated rings. The number of rotatable bonds is 3. The molecule has 0 aliphatic rings. The van der Waals surface area contributed by atoms with E-state index in [0.29, 0.717) is 0 Å². The fourth-order valence-corrected chi connectivity index (χ4v) is 0.891. The van der Waals surface area contributed by atoms with Crippen LogP contribution in [-0.4, -0.2) is 44.9 Å². The predicted octanol–water partition coefficient (Wildman–Crippen LogP) is -1.21. The lowest BCUT2D eigenvalue weighted by atomic mass is 10.4. The first kappa shape index (κ1) is 8.41. The lowest BCUT2D eigenvalue weighted by Crippen LogP contribution is -2.10. The van der Waals surface area contributed by atoms with Crippen molar-refractivity contribution in [2.45, 2.75) is 0 Å². The summed E-state index contributed by atoms with van der Waals surface area (Å²) in [5.74, 6) is 0.448. The van der Waals surface area contributed by atoms with Crippen LogP contribution in [0.25, 0.3) is 11.5 Å². The molecular weight excluding hydrogens is 192 g/mol. The van der Waals surface area contributed by atoms with E-state index < -0.39 is 0 Å². The largest absolute Gasteiger partial charge is 0.477 e. The maximum atomic E-state index is 4.88. The van der Waals surface area contributed by atoms with E-state index in [1.165, 1.54) is 14.2 Å². The summed E-state index contributed by atoms with van der Waals surface area (Å²) in [6, 6.07) is 0. The Morgan fingerprint density at radius 2 is 2.14 bits per heavy atom. The summed E-state index contributed by atoms with van der Waals surface area (Å²) < 4.78 is 9.35. The van der Waals surface area contributed by atoms with Crippen LogP contribution in [0.5, 0.6) is 5.88 Å². The van der Waals surface area contributed by atoms with Crippen LogP contribution < -0.4 is 9.57 Å². The van der Waals surface area contributed by atoms with Gasteiger partial charge in [0.15, 0.2) is 0 Å². The maximum absolute atomic E-state index is 4.88. The first-order valence-corrected chi connectivity index (χ1v) is 3.56. The van der Waals surface area contributed by atoms with Gasteiger partial charge < -0.3 is 9.57 Å². The van der Waals surface area contributed by atoms with Crippen molar-refractivity contribution in [1.29, 1.82) is 0 Å². The first-order valence-electron chi connectivity index (χ1n) is 3.56. The Hall–Kier alpha value is -2.19. The van der Waals surface area contributed by atoms with Crippen molar-refractivity contribution in [1.82, 2.24) is 30.7 Å². The second-order valence-corrected chi connectivity index (χ2v) is 2.18. The van der Waals surface area contributed by atoms with Gasteiger partial charge in [-0.25, -0.2) is 4.63 Å². The molecule has 2 rings (SSSR count). The Morgan fingerprint density at radius 1 is 1.29 bits per heavy atom. The van der Waals surface area contributed by atoms with E-state index in [0.717, 1.165) is 4.85 Å². The highest BCUT2D eigenvalue weighted by Gasteiger charge is 2.20. The minimum atomic E-state index is 0.193. The molecule has 74 valence electrons. The molecule has 0 spiro atoms. The third-order valence-electron chi connectivity index (χ3n) is 1.48. The number of hydrogen-bond donors (Lipinski definition) is 0. The molecule has 14 heavy (non-hydrogen) atoms. The monoisotopic (exact) mass is 198 g/mol. The molecule has 0 amide bonds. The zero-order valence-electron chi connectivity index (χ0n) is 7.41. The van der Waals surface area contributed by atoms with Crippen LogP contribution in [0.3, 0.4) is 0 Å². The molecule has 0 saturated heterocycles. The molecule has 2 aromatic rings. The molecule has 0 aliphatic heterocycles. The average molecular weight is 198 g/mol. The molecule has 0 unspecified atom stereocenters. The van der Waals surface area contributed by atoms with Crippen LogP contribution in [0.4, 0.5) is 0 Å². The summed E-state index contributed by atoms with van der Waals surface area (Å²) in [6.45, 7) is 0. The zero-order valence-corrected chi connectivity index (χ0v) is 7.41. The van der Waals surface area contributed by atoms with Crippen LogP contribution in [0.1, 0.15) is 0 Å². The fraction of sp³-hybridized carbons (Fsp3) is 0.400. The average Bonchev–Trinajstić information content (AvgIpc) is 2.85. The molecule has 0 atom stereocenters. The summed E-state index contributed by atoms with van der Waals surface area (Å²) in [5.41, 5.74) is 0.277. The first-order chi connectivity index (χ1) is 6.86. The number of ether oxygens (including phenoxy) is 1. The van der Waals surface area contributed by atoms with Crippen molar-refractivity contribution in [2.75, 3.05) is 14.2 Å². The van der Waals surface area contributed by atoms with E-state index in [4.69, 9.17) is 9.57 Å². The molecule has 9 nitrogen and oxygen atoms in total. The van der Waals surface area contributed by atoms with Crippen LogP contribution in [0.15, 0.2) is 4.63 Å². The number of tetrazole rings is 1. The predicted molar refractivity (Wildman–Crippen MR) is 40.2 cm³/mol. The standard InChI is InChI=1S/C5H6N6O3/c1-12-5-3(7-14-8-5)4-6-9-10-11(4)13-2/h1-2H3. The molecule has 9 heteroatoms. The van der Waals surface area contributed by atoms with Gasteiger partial charge in [-0.2, -0.15) is 0 Å². The third kappa shape index (κ3) is 1.14. The third-order valence-corrected chi connectivity index (χ3v) is 1.48. The van der Waals surface area contributed by atoms with Gasteiger partial charge in [0.2, 0.25) is 11.5 Å². The van der Waals surface area contributed by atoms with Gasteiger partial charge in [-0.05, 0) is 20.7 Å². The lowest BCUT2D eigenvalue weighted by Gasteiger charge is -1.98. The lowest BCUT2D eigenvalue weighted by molar-refractivity contribution is 0.132. The van der Waals surface area contributed by atoms with Crippen LogP contribution in [0.2, 0.25) is 0 Å². The van der Waals surface area contributed by atoms with Gasteiger partial charge in [-0.15, -0.1) is 5.10 Å². The molecule has 2 aromatic heterocycles. The zero-order chi connectivity index (χ0) is 9.97. The van der Waals surface area contributed by atoms with Gasteiger partial charge in [0.1, 0.15) is 7.11 Å². The van der Waals surface area contributed by atoms with Gasteiger partial charge >= 0.3 is 0 Å². The van der Waals surface area contributed by atoms with Crippen LogP contribution >= 0.6 is 0 Å². The molecule has 0 aromatic carbocycles. The Balaban J connectivity index is 2.48. The Kier molecular flexibility index (Phi) is 1.97. The molecule has 0 N–H and O–H groups in total. The minimum absolute atomic E-state index is 0.193. The molecule has 0 saturated carbocycles. The Bertz CT molecular complexity index is 382. The normalized spacial score (nSPS) is 10.1. The molecule has 0 bridgehead atoms. The van der Waals surface area contributed by atoms with E-state index >= 15 is 0 Å². The fourth-order valence-electron chi connectivity index (χ4n) is 0.891. The van der Waals surface area contributed by atoms with Crippen LogP contribution in [-0.2, 0) is 0 Å². The van der Waals surface area contributed by atoms with Crippen molar-refractivity contribution in [2.24, 2.45) is 0 Å². The van der Waals surface area contributed by atoms with E-state index in [1.54, 1.807) is 0 Å². The summed E-state index contributed by atoms with van der Waals surface area (Å²) in [4.78, 5) is 5.90. The van der Waals surface area contributed by atoms with Crippen molar-refractivity contribution in [3.8, 4) is 17.4 Å². The molecule has 0 aliphatic carbocycles. The van der Waals surface area contributed by atoms with E-state index in [-0.39, 0.29) is 17.4 Å². The van der Waals surface area contributed by atoms with E-state index in [2.05, 4.69) is 30.5 Å². The smallest absolute Gasteiger partial charge is 0.287 e. The second kappa shape index (κ2) is 3.28. The quantitative estimate of drug-likeness (QED) is 0.605. The second-order valence-electron chi connectivity index (χ2n) is 2.18. The van der Waals surface area contributed by atoms with Gasteiger partial charge in [-0.1, -0.05) is 4.85 Å². The highest BCUT2D eigenvalue weighted by Crippen LogP contribution is 2.22. The highest BCUT2D eigenvalue weighted by molar-refractivity contribution is 5.53.